The van der Waals surface area contributed by atoms with Crippen LogP contribution in [0.4, 0.5) is 0 Å². The summed E-state index contributed by atoms with van der Waals surface area (Å²) in [6.07, 6.45) is 2.36. The maximum Gasteiger partial charge on any atom is 0.350 e. The number of hydrogen-bond acceptors (Lipinski definition) is 4. The van der Waals surface area contributed by atoms with E-state index >= 15 is 0 Å². The molecule has 0 atom stereocenters. The number of nitrogens with zero attached hydrogens (tertiary/aromatic N) is 3. The zero-order chi connectivity index (χ0) is 27.9. The van der Waals surface area contributed by atoms with Crippen molar-refractivity contribution in [2.75, 3.05) is 6.61 Å². The molecule has 0 radical (unpaired) electrons. The van der Waals surface area contributed by atoms with Gasteiger partial charge in [-0.25, -0.2) is 4.79 Å². The second kappa shape index (κ2) is 12.6. The van der Waals surface area contributed by atoms with E-state index in [-0.39, 0.29) is 12.1 Å². The second-order valence-electron chi connectivity index (χ2n) is 10.3. The molecule has 0 unspecified atom stereocenters. The molecule has 204 valence electrons. The van der Waals surface area contributed by atoms with Gasteiger partial charge in [0.1, 0.15) is 11.6 Å². The van der Waals surface area contributed by atoms with Crippen LogP contribution in [0.2, 0.25) is 0 Å². The molecule has 0 fully saturated rings. The largest absolute Gasteiger partial charge is 0.494 e. The van der Waals surface area contributed by atoms with Crippen LogP contribution in [0.1, 0.15) is 49.7 Å². The lowest BCUT2D eigenvalue weighted by Crippen LogP contribution is -2.26. The Morgan fingerprint density at radius 2 is 1.67 bits per heavy atom. The van der Waals surface area contributed by atoms with Gasteiger partial charge in [0.15, 0.2) is 0 Å². The highest BCUT2D eigenvalue weighted by Crippen LogP contribution is 2.28. The Morgan fingerprint density at radius 1 is 0.974 bits per heavy atom. The minimum atomic E-state index is -0.883. The van der Waals surface area contributed by atoms with E-state index in [1.807, 2.05) is 60.9 Å². The summed E-state index contributed by atoms with van der Waals surface area (Å²) in [6, 6.07) is 21.9. The topological polar surface area (TPSA) is 86.4 Å². The molecule has 1 N–H and O–H groups in total. The van der Waals surface area contributed by atoms with Crippen LogP contribution < -0.4 is 10.4 Å². The number of carboxylic acid groups (broad SMARTS) is 1. The molecule has 0 aliphatic heterocycles. The number of carbonyl (C=O) groups is 1. The van der Waals surface area contributed by atoms with Crippen molar-refractivity contribution >= 4 is 5.97 Å². The first-order valence-electron chi connectivity index (χ1n) is 13.6. The lowest BCUT2D eigenvalue weighted by atomic mass is 9.98. The van der Waals surface area contributed by atoms with E-state index in [1.54, 1.807) is 0 Å². The molecule has 0 aliphatic rings. The highest BCUT2D eigenvalue weighted by Gasteiger charge is 2.16. The molecule has 7 heteroatoms. The fourth-order valence-corrected chi connectivity index (χ4v) is 4.70. The molecule has 0 saturated heterocycles. The first-order chi connectivity index (χ1) is 18.7. The number of aromatic nitrogens is 3. The molecule has 1 aromatic heterocycles. The van der Waals surface area contributed by atoms with E-state index < -0.39 is 5.97 Å². The average Bonchev–Trinajstić information content (AvgIpc) is 3.20. The van der Waals surface area contributed by atoms with Crippen LogP contribution in [0.3, 0.4) is 0 Å². The van der Waals surface area contributed by atoms with Crippen molar-refractivity contribution in [1.82, 2.24) is 14.3 Å². The average molecular weight is 528 g/mol. The van der Waals surface area contributed by atoms with Crippen molar-refractivity contribution in [3.05, 3.63) is 99.7 Å². The SMILES string of the molecule is CCOc1ccc(-c2ccc(CCCc3nn(-c4ccc(C)cc4)c(=O)n3CC(C)C)cc2)cc1CC(=O)O. The number of aryl methyl sites for hydroxylation is 3. The van der Waals surface area contributed by atoms with E-state index in [4.69, 9.17) is 9.84 Å². The van der Waals surface area contributed by atoms with Gasteiger partial charge in [0.25, 0.3) is 0 Å². The summed E-state index contributed by atoms with van der Waals surface area (Å²) in [6.45, 7) is 9.25. The molecule has 0 bridgehead atoms. The van der Waals surface area contributed by atoms with Crippen LogP contribution in [0.15, 0.2) is 71.5 Å². The van der Waals surface area contributed by atoms with Gasteiger partial charge in [-0.3, -0.25) is 9.36 Å². The standard InChI is InChI=1S/C32H37N3O4/c1-5-39-29-18-15-26(19-27(29)20-31(36)37)25-13-11-24(12-14-25)7-6-8-30-33-35(28-16-9-23(4)10-17-28)32(38)34(30)21-22(2)3/h9-19,22H,5-8,20-21H2,1-4H3,(H,36,37). The molecule has 1 heterocycles. The Bertz CT molecular complexity index is 1470. The molecular formula is C32H37N3O4. The van der Waals surface area contributed by atoms with Crippen molar-refractivity contribution in [3.8, 4) is 22.6 Å². The third-order valence-corrected chi connectivity index (χ3v) is 6.62. The van der Waals surface area contributed by atoms with Crippen molar-refractivity contribution in [1.29, 1.82) is 0 Å². The van der Waals surface area contributed by atoms with Crippen LogP contribution >= 0.6 is 0 Å². The van der Waals surface area contributed by atoms with Crippen molar-refractivity contribution in [2.24, 2.45) is 5.92 Å². The number of ether oxygens (including phenoxy) is 1. The predicted octanol–water partition coefficient (Wildman–Crippen LogP) is 5.87. The maximum atomic E-state index is 13.2. The molecular weight excluding hydrogens is 490 g/mol. The minimum absolute atomic E-state index is 0.0805. The first-order valence-corrected chi connectivity index (χ1v) is 13.6. The van der Waals surface area contributed by atoms with Gasteiger partial charge in [-0.05, 0) is 73.6 Å². The zero-order valence-corrected chi connectivity index (χ0v) is 23.2. The lowest BCUT2D eigenvalue weighted by Gasteiger charge is -2.12. The third-order valence-electron chi connectivity index (χ3n) is 6.62. The van der Waals surface area contributed by atoms with Crippen LogP contribution in [0.25, 0.3) is 16.8 Å². The van der Waals surface area contributed by atoms with Gasteiger partial charge in [-0.2, -0.15) is 4.68 Å². The maximum absolute atomic E-state index is 13.2. The van der Waals surface area contributed by atoms with Gasteiger partial charge in [0, 0.05) is 18.5 Å². The number of rotatable bonds is 12. The molecule has 0 spiro atoms. The fourth-order valence-electron chi connectivity index (χ4n) is 4.70. The number of carboxylic acids is 1. The summed E-state index contributed by atoms with van der Waals surface area (Å²) in [4.78, 5) is 24.5. The van der Waals surface area contributed by atoms with E-state index in [0.717, 1.165) is 41.0 Å². The van der Waals surface area contributed by atoms with Crippen LogP contribution in [0, 0.1) is 12.8 Å². The Balaban J connectivity index is 1.46. The molecule has 3 aromatic carbocycles. The third kappa shape index (κ3) is 7.05. The van der Waals surface area contributed by atoms with Crippen LogP contribution in [-0.4, -0.2) is 32.0 Å². The van der Waals surface area contributed by atoms with Gasteiger partial charge in [0.2, 0.25) is 0 Å². The van der Waals surface area contributed by atoms with Crippen LogP contribution in [-0.2, 0) is 30.6 Å². The number of benzene rings is 3. The number of aliphatic carboxylic acids is 1. The zero-order valence-electron chi connectivity index (χ0n) is 23.2. The normalized spacial score (nSPS) is 11.2. The molecule has 7 nitrogen and oxygen atoms in total. The number of hydrogen-bond donors (Lipinski definition) is 1. The molecule has 0 saturated carbocycles. The summed E-state index contributed by atoms with van der Waals surface area (Å²) in [5, 5.41) is 14.0. The minimum Gasteiger partial charge on any atom is -0.494 e. The predicted molar refractivity (Wildman–Crippen MR) is 154 cm³/mol. The monoisotopic (exact) mass is 527 g/mol. The first kappa shape index (κ1) is 27.9. The van der Waals surface area contributed by atoms with E-state index in [2.05, 4.69) is 38.1 Å². The van der Waals surface area contributed by atoms with E-state index in [1.165, 1.54) is 10.2 Å². The Hall–Kier alpha value is -4.13. The van der Waals surface area contributed by atoms with Crippen molar-refractivity contribution < 1.29 is 14.6 Å². The smallest absolute Gasteiger partial charge is 0.350 e. The molecule has 0 amide bonds. The quantitative estimate of drug-likeness (QED) is 0.249. The Labute approximate surface area is 229 Å². The Kier molecular flexibility index (Phi) is 9.02. The highest BCUT2D eigenvalue weighted by molar-refractivity contribution is 5.74. The summed E-state index contributed by atoms with van der Waals surface area (Å²) < 4.78 is 8.93. The van der Waals surface area contributed by atoms with Gasteiger partial charge >= 0.3 is 11.7 Å². The molecule has 4 rings (SSSR count). The summed E-state index contributed by atoms with van der Waals surface area (Å²) in [7, 11) is 0. The van der Waals surface area contributed by atoms with E-state index in [9.17, 15) is 14.7 Å². The van der Waals surface area contributed by atoms with Crippen molar-refractivity contribution in [3.63, 3.8) is 0 Å². The van der Waals surface area contributed by atoms with Crippen LogP contribution in [0.5, 0.6) is 5.75 Å². The fraction of sp³-hybridized carbons (Fsp3) is 0.344. The van der Waals surface area contributed by atoms with E-state index in [0.29, 0.717) is 36.8 Å². The van der Waals surface area contributed by atoms with Gasteiger partial charge in [-0.1, -0.05) is 61.9 Å². The summed E-state index contributed by atoms with van der Waals surface area (Å²) >= 11 is 0. The summed E-state index contributed by atoms with van der Waals surface area (Å²) in [5.74, 6) is 0.876. The summed E-state index contributed by atoms with van der Waals surface area (Å²) in [5.41, 5.74) is 5.68. The van der Waals surface area contributed by atoms with Gasteiger partial charge in [-0.15, -0.1) is 5.10 Å². The Morgan fingerprint density at radius 3 is 2.31 bits per heavy atom. The molecule has 0 aliphatic carbocycles. The van der Waals surface area contributed by atoms with Gasteiger partial charge in [0.05, 0.1) is 18.7 Å². The van der Waals surface area contributed by atoms with Gasteiger partial charge < -0.3 is 9.84 Å². The van der Waals surface area contributed by atoms with Crippen molar-refractivity contribution in [2.45, 2.75) is 59.9 Å². The highest BCUT2D eigenvalue weighted by atomic mass is 16.5. The lowest BCUT2D eigenvalue weighted by molar-refractivity contribution is -0.136. The molecule has 39 heavy (non-hydrogen) atoms. The second-order valence-corrected chi connectivity index (χ2v) is 10.3. The molecule has 4 aromatic rings.